The third-order valence-electron chi connectivity index (χ3n) is 1.96. The highest BCUT2D eigenvalue weighted by atomic mass is 16.6. The van der Waals surface area contributed by atoms with Crippen molar-refractivity contribution in [3.8, 4) is 5.75 Å². The van der Waals surface area contributed by atoms with E-state index in [-0.39, 0.29) is 18.0 Å². The predicted molar refractivity (Wildman–Crippen MR) is 55.0 cm³/mol. The minimum absolute atomic E-state index is 0.0574. The van der Waals surface area contributed by atoms with Crippen LogP contribution in [-0.2, 0) is 6.61 Å². The van der Waals surface area contributed by atoms with E-state index < -0.39 is 4.92 Å². The van der Waals surface area contributed by atoms with Gasteiger partial charge in [-0.15, -0.1) is 0 Å². The van der Waals surface area contributed by atoms with Crippen molar-refractivity contribution in [2.45, 2.75) is 6.61 Å². The molecule has 0 aliphatic rings. The van der Waals surface area contributed by atoms with Crippen LogP contribution in [0.3, 0.4) is 0 Å². The maximum atomic E-state index is 10.7. The van der Waals surface area contributed by atoms with Crippen molar-refractivity contribution in [2.75, 3.05) is 0 Å². The molecule has 1 radical (unpaired) electrons. The summed E-state index contributed by atoms with van der Waals surface area (Å²) in [5.41, 5.74) is -0.0574. The van der Waals surface area contributed by atoms with Gasteiger partial charge in [-0.3, -0.25) is 10.1 Å². The van der Waals surface area contributed by atoms with E-state index in [0.717, 1.165) is 0 Å². The molecule has 0 aliphatic heterocycles. The van der Waals surface area contributed by atoms with Gasteiger partial charge in [0.25, 0.3) is 0 Å². The van der Waals surface area contributed by atoms with Crippen molar-refractivity contribution in [1.29, 1.82) is 0 Å². The first-order valence-corrected chi connectivity index (χ1v) is 4.58. The van der Waals surface area contributed by atoms with Crippen molar-refractivity contribution in [1.82, 2.24) is 0 Å². The maximum Gasteiger partial charge on any atom is 0.310 e. The third-order valence-corrected chi connectivity index (χ3v) is 1.96. The second-order valence-electron chi connectivity index (χ2n) is 3.03. The van der Waals surface area contributed by atoms with Gasteiger partial charge in [0.05, 0.1) is 4.92 Å². The second-order valence-corrected chi connectivity index (χ2v) is 3.03. The molecule has 0 unspecified atom stereocenters. The summed E-state index contributed by atoms with van der Waals surface area (Å²) in [5, 5.41) is 10.7. The highest BCUT2D eigenvalue weighted by Gasteiger charge is 2.13. The molecule has 16 heavy (non-hydrogen) atoms. The van der Waals surface area contributed by atoms with Crippen molar-refractivity contribution < 1.29 is 14.1 Å². The average Bonchev–Trinajstić information content (AvgIpc) is 2.79. The van der Waals surface area contributed by atoms with E-state index in [1.54, 1.807) is 30.3 Å². The lowest BCUT2D eigenvalue weighted by molar-refractivity contribution is -0.386. The Kier molecular flexibility index (Phi) is 2.86. The Morgan fingerprint density at radius 2 is 2.19 bits per heavy atom. The number of para-hydroxylation sites is 2. The molecule has 0 saturated heterocycles. The van der Waals surface area contributed by atoms with E-state index >= 15 is 0 Å². The Morgan fingerprint density at radius 3 is 2.88 bits per heavy atom. The van der Waals surface area contributed by atoms with Gasteiger partial charge in [0.2, 0.25) is 0 Å². The normalized spacial score (nSPS) is 10.0. The van der Waals surface area contributed by atoms with Gasteiger partial charge < -0.3 is 9.15 Å². The topological polar surface area (TPSA) is 65.5 Å². The SMILES string of the molecule is O=[N+]([O-])c1ccccc1OCc1cc[c]o1. The molecule has 5 heteroatoms. The number of hydrogen-bond acceptors (Lipinski definition) is 4. The largest absolute Gasteiger partial charge is 0.479 e. The van der Waals surface area contributed by atoms with Gasteiger partial charge in [0.1, 0.15) is 12.4 Å². The number of nitro benzene ring substituents is 1. The van der Waals surface area contributed by atoms with Gasteiger partial charge in [-0.2, -0.15) is 0 Å². The zero-order valence-electron chi connectivity index (χ0n) is 8.25. The summed E-state index contributed by atoms with van der Waals surface area (Å²) in [5.74, 6) is 0.794. The van der Waals surface area contributed by atoms with Crippen molar-refractivity contribution in [3.63, 3.8) is 0 Å². The number of nitrogens with zero attached hydrogens (tertiary/aromatic N) is 1. The first-order chi connectivity index (χ1) is 7.77. The molecule has 1 aromatic heterocycles. The fourth-order valence-electron chi connectivity index (χ4n) is 1.23. The fourth-order valence-corrected chi connectivity index (χ4v) is 1.23. The van der Waals surface area contributed by atoms with E-state index in [2.05, 4.69) is 6.26 Å². The molecular weight excluding hydrogens is 210 g/mol. The van der Waals surface area contributed by atoms with Crippen LogP contribution < -0.4 is 4.74 Å². The summed E-state index contributed by atoms with van der Waals surface area (Å²) in [6.07, 6.45) is 2.51. The summed E-state index contributed by atoms with van der Waals surface area (Å²) in [6, 6.07) is 9.50. The molecule has 1 aromatic carbocycles. The van der Waals surface area contributed by atoms with E-state index in [0.29, 0.717) is 5.76 Å². The molecule has 2 rings (SSSR count). The monoisotopic (exact) mass is 218 g/mol. The number of hydrogen-bond donors (Lipinski definition) is 0. The molecule has 0 spiro atoms. The Labute approximate surface area is 91.4 Å². The lowest BCUT2D eigenvalue weighted by Crippen LogP contribution is -1.97. The van der Waals surface area contributed by atoms with Crippen molar-refractivity contribution >= 4 is 5.69 Å². The Bertz CT molecular complexity index is 478. The molecule has 0 N–H and O–H groups in total. The van der Waals surface area contributed by atoms with Crippen LogP contribution in [0, 0.1) is 16.4 Å². The molecule has 0 saturated carbocycles. The van der Waals surface area contributed by atoms with Crippen LogP contribution >= 0.6 is 0 Å². The van der Waals surface area contributed by atoms with E-state index in [4.69, 9.17) is 9.15 Å². The number of benzene rings is 1. The summed E-state index contributed by atoms with van der Waals surface area (Å²) in [4.78, 5) is 10.2. The zero-order chi connectivity index (χ0) is 11.4. The van der Waals surface area contributed by atoms with E-state index in [1.807, 2.05) is 0 Å². The standard InChI is InChI=1S/C11H8NO4/c13-12(14)10-5-1-2-6-11(10)16-8-9-4-3-7-15-9/h1-6H,8H2. The summed E-state index contributed by atoms with van der Waals surface area (Å²) >= 11 is 0. The van der Waals surface area contributed by atoms with Gasteiger partial charge in [-0.05, 0) is 18.2 Å². The predicted octanol–water partition coefficient (Wildman–Crippen LogP) is 2.57. The smallest absolute Gasteiger partial charge is 0.310 e. The molecule has 0 amide bonds. The molecule has 0 bridgehead atoms. The maximum absolute atomic E-state index is 10.7. The summed E-state index contributed by atoms with van der Waals surface area (Å²) < 4.78 is 10.2. The minimum atomic E-state index is -0.483. The summed E-state index contributed by atoms with van der Waals surface area (Å²) in [6.45, 7) is 0.147. The van der Waals surface area contributed by atoms with Crippen LogP contribution in [0.5, 0.6) is 5.75 Å². The van der Waals surface area contributed by atoms with Gasteiger partial charge in [-0.1, -0.05) is 12.1 Å². The van der Waals surface area contributed by atoms with Crippen molar-refractivity contribution in [3.05, 3.63) is 58.5 Å². The summed E-state index contributed by atoms with van der Waals surface area (Å²) in [7, 11) is 0. The molecular formula is C11H8NO4. The average molecular weight is 218 g/mol. The third kappa shape index (κ3) is 2.20. The second kappa shape index (κ2) is 4.48. The fraction of sp³-hybridized carbons (Fsp3) is 0.0909. The van der Waals surface area contributed by atoms with Crippen LogP contribution in [0.4, 0.5) is 5.69 Å². The lowest BCUT2D eigenvalue weighted by atomic mass is 10.3. The molecule has 5 nitrogen and oxygen atoms in total. The molecule has 81 valence electrons. The Hall–Kier alpha value is -2.30. The number of ether oxygens (including phenoxy) is 1. The molecule has 0 aliphatic carbocycles. The number of rotatable bonds is 4. The van der Waals surface area contributed by atoms with E-state index in [1.165, 1.54) is 6.07 Å². The van der Waals surface area contributed by atoms with Gasteiger partial charge in [0.15, 0.2) is 12.0 Å². The molecule has 0 atom stereocenters. The van der Waals surface area contributed by atoms with E-state index in [9.17, 15) is 10.1 Å². The zero-order valence-corrected chi connectivity index (χ0v) is 8.25. The van der Waals surface area contributed by atoms with Crippen LogP contribution in [0.15, 0.2) is 40.8 Å². The van der Waals surface area contributed by atoms with Gasteiger partial charge in [-0.25, -0.2) is 0 Å². The minimum Gasteiger partial charge on any atom is -0.479 e. The first kappa shape index (κ1) is 10.2. The highest BCUT2D eigenvalue weighted by molar-refractivity contribution is 5.45. The molecule has 1 heterocycles. The molecule has 2 aromatic rings. The highest BCUT2D eigenvalue weighted by Crippen LogP contribution is 2.26. The quantitative estimate of drug-likeness (QED) is 0.584. The Balaban J connectivity index is 2.12. The number of furan rings is 1. The molecule has 0 fully saturated rings. The van der Waals surface area contributed by atoms with Crippen molar-refractivity contribution in [2.24, 2.45) is 0 Å². The lowest BCUT2D eigenvalue weighted by Gasteiger charge is -2.03. The number of nitro groups is 1. The Morgan fingerprint density at radius 1 is 1.38 bits per heavy atom. The van der Waals surface area contributed by atoms with Gasteiger partial charge >= 0.3 is 5.69 Å². The van der Waals surface area contributed by atoms with Gasteiger partial charge in [0, 0.05) is 6.07 Å². The first-order valence-electron chi connectivity index (χ1n) is 4.58. The van der Waals surface area contributed by atoms with Crippen LogP contribution in [0.2, 0.25) is 0 Å². The van der Waals surface area contributed by atoms with Crippen LogP contribution in [0.25, 0.3) is 0 Å². The van der Waals surface area contributed by atoms with Crippen LogP contribution in [0.1, 0.15) is 5.76 Å². The van der Waals surface area contributed by atoms with Crippen LogP contribution in [-0.4, -0.2) is 4.92 Å².